The van der Waals surface area contributed by atoms with Crippen LogP contribution in [-0.4, -0.2) is 50.0 Å². The second-order valence-electron chi connectivity index (χ2n) is 11.4. The van der Waals surface area contributed by atoms with Crippen molar-refractivity contribution in [2.45, 2.75) is 44.2 Å². The van der Waals surface area contributed by atoms with E-state index >= 15 is 4.39 Å². The minimum Gasteiger partial charge on any atom is -0.478 e. The van der Waals surface area contributed by atoms with Gasteiger partial charge in [-0.3, -0.25) is 4.98 Å². The lowest BCUT2D eigenvalue weighted by molar-refractivity contribution is 0.0297. The zero-order chi connectivity index (χ0) is 28.3. The van der Waals surface area contributed by atoms with Gasteiger partial charge in [0.15, 0.2) is 5.82 Å². The van der Waals surface area contributed by atoms with Gasteiger partial charge in [0, 0.05) is 43.0 Å². The highest BCUT2D eigenvalue weighted by molar-refractivity contribution is 6.07. The van der Waals surface area contributed by atoms with Crippen molar-refractivity contribution < 1.29 is 19.0 Å². The molecule has 9 heteroatoms. The standard InChI is InChI=1S/C32H32FN5O3/c1-32(39,22-9-10-22)24-12-11-23-27-25(17-21(18-34-27)29-31(40-3)35-36-37(29)2)38(30(23)26(24)33)28(19-7-5-4-6-8-19)20-13-15-41-16-14-20/h5,7-8,11-12,17-18,20,22,28,39H,9-10,13-16H2,1-3H3/t28-,32?/m1/s1. The average molecular weight is 554 g/mol. The molecule has 1 unspecified atom stereocenters. The molecule has 1 saturated heterocycles. The van der Waals surface area contributed by atoms with E-state index in [1.807, 2.05) is 30.3 Å². The smallest absolute Gasteiger partial charge is 0.261 e. The molecule has 210 valence electrons. The van der Waals surface area contributed by atoms with Gasteiger partial charge in [-0.15, -0.1) is 0 Å². The summed E-state index contributed by atoms with van der Waals surface area (Å²) in [6, 6.07) is 17.4. The summed E-state index contributed by atoms with van der Waals surface area (Å²) in [5.41, 5.74) is 3.45. The number of ether oxygens (including phenoxy) is 2. The Kier molecular flexibility index (Phi) is 6.21. The van der Waals surface area contributed by atoms with Gasteiger partial charge >= 0.3 is 0 Å². The zero-order valence-corrected chi connectivity index (χ0v) is 23.4. The molecule has 2 aromatic carbocycles. The third kappa shape index (κ3) is 4.16. The molecule has 0 radical (unpaired) electrons. The van der Waals surface area contributed by atoms with Crippen LogP contribution in [0.3, 0.4) is 0 Å². The second kappa shape index (κ2) is 9.82. The van der Waals surface area contributed by atoms with E-state index in [1.165, 1.54) is 0 Å². The topological polar surface area (TPSA) is 87.2 Å². The Hall–Kier alpha value is -4.00. The lowest BCUT2D eigenvalue weighted by atomic mass is 9.86. The first kappa shape index (κ1) is 25.9. The van der Waals surface area contributed by atoms with Crippen molar-refractivity contribution in [1.29, 1.82) is 0 Å². The van der Waals surface area contributed by atoms with Crippen molar-refractivity contribution in [3.05, 3.63) is 71.7 Å². The van der Waals surface area contributed by atoms with Crippen LogP contribution >= 0.6 is 0 Å². The molecule has 1 aliphatic heterocycles. The van der Waals surface area contributed by atoms with E-state index in [0.29, 0.717) is 46.8 Å². The number of hydrogen-bond acceptors (Lipinski definition) is 6. The summed E-state index contributed by atoms with van der Waals surface area (Å²) < 4.78 is 31.9. The maximum absolute atomic E-state index is 17.0. The Balaban J connectivity index is 1.56. The van der Waals surface area contributed by atoms with Crippen molar-refractivity contribution in [3.63, 3.8) is 0 Å². The van der Waals surface area contributed by atoms with Gasteiger partial charge in [0.25, 0.3) is 5.88 Å². The molecular weight excluding hydrogens is 521 g/mol. The average Bonchev–Trinajstić information content (AvgIpc) is 3.73. The number of pyridine rings is 1. The number of aliphatic hydroxyl groups is 1. The number of fused-ring (bicyclic) bond motifs is 3. The van der Waals surface area contributed by atoms with E-state index in [9.17, 15) is 5.11 Å². The number of aromatic nitrogens is 5. The molecular formula is C32H32FN5O3. The van der Waals surface area contributed by atoms with Gasteiger partial charge in [0.2, 0.25) is 0 Å². The van der Waals surface area contributed by atoms with Crippen molar-refractivity contribution >= 4 is 21.9 Å². The first-order chi connectivity index (χ1) is 19.9. The maximum Gasteiger partial charge on any atom is 0.261 e. The molecule has 1 N–H and O–H groups in total. The van der Waals surface area contributed by atoms with E-state index in [-0.39, 0.29) is 17.9 Å². The van der Waals surface area contributed by atoms with Crippen LogP contribution in [0.1, 0.15) is 49.8 Å². The highest BCUT2D eigenvalue weighted by Crippen LogP contribution is 2.48. The van der Waals surface area contributed by atoms with Gasteiger partial charge in [-0.2, -0.15) is 0 Å². The van der Waals surface area contributed by atoms with Crippen LogP contribution in [0.15, 0.2) is 42.6 Å². The van der Waals surface area contributed by atoms with Crippen LogP contribution in [0.4, 0.5) is 4.39 Å². The Morgan fingerprint density at radius 3 is 2.68 bits per heavy atom. The maximum atomic E-state index is 17.0. The second-order valence-corrected chi connectivity index (χ2v) is 11.4. The fourth-order valence-electron chi connectivity index (χ4n) is 6.62. The number of methoxy groups -OCH3 is 1. The van der Waals surface area contributed by atoms with Gasteiger partial charge in [0.05, 0.1) is 35.3 Å². The number of nitrogens with zero attached hydrogens (tertiary/aromatic N) is 5. The summed E-state index contributed by atoms with van der Waals surface area (Å²) in [6.45, 7) is 3.02. The van der Waals surface area contributed by atoms with Crippen LogP contribution in [0.25, 0.3) is 33.2 Å². The highest BCUT2D eigenvalue weighted by atomic mass is 19.1. The molecule has 0 bridgehead atoms. The molecule has 2 atom stereocenters. The van der Waals surface area contributed by atoms with E-state index in [1.54, 1.807) is 38.0 Å². The Labute approximate surface area is 237 Å². The molecule has 7 rings (SSSR count). The number of halogens is 1. The molecule has 41 heavy (non-hydrogen) atoms. The molecule has 0 amide bonds. The summed E-state index contributed by atoms with van der Waals surface area (Å²) in [4.78, 5) is 4.89. The quantitative estimate of drug-likeness (QED) is 0.292. The lowest BCUT2D eigenvalue weighted by Gasteiger charge is -2.33. The third-order valence-electron chi connectivity index (χ3n) is 8.93. The Morgan fingerprint density at radius 2 is 1.98 bits per heavy atom. The fraction of sp³-hybridized carbons (Fsp3) is 0.406. The third-order valence-corrected chi connectivity index (χ3v) is 8.93. The SMILES string of the molecule is COc1nnn(C)c1-c1cnc2c3ccc(C(C)(O)C4CC4)c(F)c3n([C@H](c3cc#ccc3)C3CCOCC3)c2c1. The van der Waals surface area contributed by atoms with E-state index < -0.39 is 11.4 Å². The molecule has 2 aliphatic rings. The first-order valence-corrected chi connectivity index (χ1v) is 14.1. The minimum absolute atomic E-state index is 0.0485. The summed E-state index contributed by atoms with van der Waals surface area (Å²) in [7, 11) is 3.36. The number of rotatable bonds is 7. The monoisotopic (exact) mass is 553 g/mol. The van der Waals surface area contributed by atoms with E-state index in [2.05, 4.69) is 27.0 Å². The molecule has 2 fully saturated rings. The normalized spacial score (nSPS) is 18.4. The van der Waals surface area contributed by atoms with Gasteiger partial charge in [-0.25, -0.2) is 9.07 Å². The number of aryl methyl sites for hydroxylation is 1. The molecule has 5 aromatic rings. The minimum atomic E-state index is -1.25. The predicted molar refractivity (Wildman–Crippen MR) is 152 cm³/mol. The first-order valence-electron chi connectivity index (χ1n) is 14.1. The Bertz CT molecular complexity index is 1740. The predicted octanol–water partition coefficient (Wildman–Crippen LogP) is 5.37. The summed E-state index contributed by atoms with van der Waals surface area (Å²) in [6.07, 6.45) is 5.20. The van der Waals surface area contributed by atoms with E-state index in [0.717, 1.165) is 42.3 Å². The Morgan fingerprint density at radius 1 is 1.17 bits per heavy atom. The van der Waals surface area contributed by atoms with Crippen LogP contribution < -0.4 is 4.74 Å². The van der Waals surface area contributed by atoms with Crippen LogP contribution in [0.2, 0.25) is 0 Å². The van der Waals surface area contributed by atoms with Crippen LogP contribution in [0, 0.1) is 29.8 Å². The largest absolute Gasteiger partial charge is 0.478 e. The van der Waals surface area contributed by atoms with E-state index in [4.69, 9.17) is 14.5 Å². The molecule has 3 aromatic heterocycles. The fourth-order valence-corrected chi connectivity index (χ4v) is 6.62. The van der Waals surface area contributed by atoms with Gasteiger partial charge in [-0.05, 0) is 74.3 Å². The van der Waals surface area contributed by atoms with Crippen LogP contribution in [0.5, 0.6) is 5.88 Å². The van der Waals surface area contributed by atoms with Crippen molar-refractivity contribution in [1.82, 2.24) is 24.5 Å². The van der Waals surface area contributed by atoms with Crippen LogP contribution in [-0.2, 0) is 17.4 Å². The lowest BCUT2D eigenvalue weighted by Crippen LogP contribution is -2.28. The molecule has 8 nitrogen and oxygen atoms in total. The molecule has 4 heterocycles. The summed E-state index contributed by atoms with van der Waals surface area (Å²) in [5, 5.41) is 20.5. The molecule has 1 saturated carbocycles. The highest BCUT2D eigenvalue weighted by Gasteiger charge is 2.44. The van der Waals surface area contributed by atoms with Crippen molar-refractivity contribution in [3.8, 4) is 17.1 Å². The van der Waals surface area contributed by atoms with Crippen molar-refractivity contribution in [2.24, 2.45) is 18.9 Å². The van der Waals surface area contributed by atoms with Gasteiger partial charge in [-0.1, -0.05) is 34.6 Å². The van der Waals surface area contributed by atoms with Gasteiger partial charge < -0.3 is 19.1 Å². The van der Waals surface area contributed by atoms with Gasteiger partial charge in [0.1, 0.15) is 5.69 Å². The number of benzene rings is 1. The molecule has 1 aliphatic carbocycles. The summed E-state index contributed by atoms with van der Waals surface area (Å²) >= 11 is 0. The van der Waals surface area contributed by atoms with Crippen molar-refractivity contribution in [2.75, 3.05) is 20.3 Å². The zero-order valence-electron chi connectivity index (χ0n) is 23.4. The number of hydrogen-bond donors (Lipinski definition) is 1. The summed E-state index contributed by atoms with van der Waals surface area (Å²) in [5.74, 6) is 0.218. The molecule has 0 spiro atoms.